The fourth-order valence-corrected chi connectivity index (χ4v) is 4.19. The highest BCUT2D eigenvalue weighted by molar-refractivity contribution is 5.85. The van der Waals surface area contributed by atoms with Gasteiger partial charge in [-0.05, 0) is 50.1 Å². The van der Waals surface area contributed by atoms with Gasteiger partial charge in [-0.1, -0.05) is 30.3 Å². The molecule has 2 aromatic rings. The molecule has 0 radical (unpaired) electrons. The fourth-order valence-electron chi connectivity index (χ4n) is 4.19. The second-order valence-corrected chi connectivity index (χ2v) is 7.86. The maximum absolute atomic E-state index is 13.4. The Kier molecular flexibility index (Phi) is 5.52. The molecule has 1 fully saturated rings. The Morgan fingerprint density at radius 3 is 2.61 bits per heavy atom. The highest BCUT2D eigenvalue weighted by Crippen LogP contribution is 2.47. The summed E-state index contributed by atoms with van der Waals surface area (Å²) in [5.74, 6) is -1.39. The highest BCUT2D eigenvalue weighted by atomic mass is 16.4. The van der Waals surface area contributed by atoms with Crippen molar-refractivity contribution in [2.45, 2.75) is 38.4 Å². The summed E-state index contributed by atoms with van der Waals surface area (Å²) in [6.45, 7) is 4.15. The molecule has 1 aromatic carbocycles. The van der Waals surface area contributed by atoms with Crippen molar-refractivity contribution in [3.8, 4) is 0 Å². The first-order valence-electron chi connectivity index (χ1n) is 9.41. The number of carbonyl (C=O) groups excluding carboxylic acids is 1. The second-order valence-electron chi connectivity index (χ2n) is 7.86. The van der Waals surface area contributed by atoms with Gasteiger partial charge < -0.3 is 10.0 Å². The van der Waals surface area contributed by atoms with Crippen LogP contribution < -0.4 is 0 Å². The van der Waals surface area contributed by atoms with E-state index in [1.165, 1.54) is 0 Å². The zero-order valence-electron chi connectivity index (χ0n) is 16.8. The number of carbonyl (C=O) groups is 2. The van der Waals surface area contributed by atoms with Crippen molar-refractivity contribution >= 4 is 11.9 Å². The number of likely N-dealkylation sites (N-methyl/N-ethyl adjacent to an activating group) is 1. The molecule has 0 spiro atoms. The average Bonchev–Trinajstić information content (AvgIpc) is 2.95. The van der Waals surface area contributed by atoms with Crippen LogP contribution in [0.1, 0.15) is 36.1 Å². The minimum atomic E-state index is -1.09. The largest absolute Gasteiger partial charge is 0.480 e. The van der Waals surface area contributed by atoms with E-state index in [9.17, 15) is 14.7 Å². The summed E-state index contributed by atoms with van der Waals surface area (Å²) >= 11 is 0. The predicted molar refractivity (Wildman–Crippen MR) is 107 cm³/mol. The number of carboxylic acid groups (broad SMARTS) is 1. The maximum Gasteiger partial charge on any atom is 0.323 e. The molecule has 2 heterocycles. The number of hydrogen-bond donors (Lipinski definition) is 1. The molecule has 3 atom stereocenters. The number of carboxylic acids is 1. The lowest BCUT2D eigenvalue weighted by atomic mass is 9.87. The normalized spacial score (nSPS) is 24.9. The lowest BCUT2D eigenvalue weighted by Gasteiger charge is -2.33. The summed E-state index contributed by atoms with van der Waals surface area (Å²) in [6, 6.07) is 11.4. The Hall–Kier alpha value is -2.73. The Labute approximate surface area is 165 Å². The number of aliphatic carboxylic acids is 1. The third kappa shape index (κ3) is 3.52. The molecule has 148 valence electrons. The van der Waals surface area contributed by atoms with E-state index in [1.54, 1.807) is 38.3 Å². The lowest BCUT2D eigenvalue weighted by molar-refractivity contribution is -0.148. The summed E-state index contributed by atoms with van der Waals surface area (Å²) in [6.07, 6.45) is 3.71. The van der Waals surface area contributed by atoms with Crippen LogP contribution in [0.4, 0.5) is 0 Å². The molecule has 0 bridgehead atoms. The van der Waals surface area contributed by atoms with Crippen LogP contribution in [0.15, 0.2) is 48.8 Å². The summed E-state index contributed by atoms with van der Waals surface area (Å²) in [5, 5.41) is 9.88. The van der Waals surface area contributed by atoms with E-state index in [1.807, 2.05) is 48.2 Å². The van der Waals surface area contributed by atoms with Crippen LogP contribution in [0.2, 0.25) is 0 Å². The Morgan fingerprint density at radius 1 is 1.29 bits per heavy atom. The fraction of sp³-hybridized carbons (Fsp3) is 0.409. The van der Waals surface area contributed by atoms with E-state index >= 15 is 0 Å². The number of aryl methyl sites for hydroxylation is 1. The van der Waals surface area contributed by atoms with Gasteiger partial charge in [0.25, 0.3) is 0 Å². The van der Waals surface area contributed by atoms with Crippen molar-refractivity contribution in [1.82, 2.24) is 14.8 Å². The van der Waals surface area contributed by atoms with Crippen LogP contribution in [0.25, 0.3) is 0 Å². The molecule has 1 saturated heterocycles. The van der Waals surface area contributed by atoms with Crippen LogP contribution in [0.5, 0.6) is 0 Å². The quantitative estimate of drug-likeness (QED) is 0.862. The van der Waals surface area contributed by atoms with Gasteiger partial charge in [-0.15, -0.1) is 0 Å². The van der Waals surface area contributed by atoms with E-state index in [-0.39, 0.29) is 18.4 Å². The van der Waals surface area contributed by atoms with Crippen LogP contribution >= 0.6 is 0 Å². The molecular formula is C22H27N3O3. The third-order valence-electron chi connectivity index (χ3n) is 6.00. The van der Waals surface area contributed by atoms with Gasteiger partial charge in [0.15, 0.2) is 0 Å². The molecule has 3 rings (SSSR count). The van der Waals surface area contributed by atoms with Gasteiger partial charge in [0.2, 0.25) is 5.91 Å². The second kappa shape index (κ2) is 7.72. The van der Waals surface area contributed by atoms with Crippen LogP contribution in [-0.2, 0) is 16.1 Å². The minimum absolute atomic E-state index is 0.0473. The van der Waals surface area contributed by atoms with E-state index in [2.05, 4.69) is 4.98 Å². The van der Waals surface area contributed by atoms with Gasteiger partial charge in [-0.25, -0.2) is 0 Å². The molecule has 0 saturated carbocycles. The van der Waals surface area contributed by atoms with E-state index in [0.29, 0.717) is 6.54 Å². The number of pyridine rings is 1. The van der Waals surface area contributed by atoms with Crippen molar-refractivity contribution < 1.29 is 14.7 Å². The number of rotatable bonds is 5. The van der Waals surface area contributed by atoms with Crippen LogP contribution in [0.3, 0.4) is 0 Å². The number of hydrogen-bond acceptors (Lipinski definition) is 4. The number of aromatic nitrogens is 1. The van der Waals surface area contributed by atoms with Crippen molar-refractivity contribution in [3.63, 3.8) is 0 Å². The van der Waals surface area contributed by atoms with Gasteiger partial charge in [0.1, 0.15) is 5.54 Å². The molecule has 0 unspecified atom stereocenters. The molecular weight excluding hydrogens is 354 g/mol. The van der Waals surface area contributed by atoms with Crippen LogP contribution in [0, 0.1) is 12.8 Å². The van der Waals surface area contributed by atoms with Gasteiger partial charge in [0, 0.05) is 32.0 Å². The average molecular weight is 381 g/mol. The zero-order chi connectivity index (χ0) is 20.5. The predicted octanol–water partition coefficient (Wildman–Crippen LogP) is 2.88. The summed E-state index contributed by atoms with van der Waals surface area (Å²) < 4.78 is 0. The van der Waals surface area contributed by atoms with Gasteiger partial charge in [0.05, 0.1) is 5.92 Å². The summed E-state index contributed by atoms with van der Waals surface area (Å²) in [7, 11) is 3.57. The number of amides is 1. The molecule has 1 amide bonds. The van der Waals surface area contributed by atoms with Crippen molar-refractivity contribution in [1.29, 1.82) is 0 Å². The van der Waals surface area contributed by atoms with E-state index < -0.39 is 17.4 Å². The third-order valence-corrected chi connectivity index (χ3v) is 6.00. The number of likely N-dealkylation sites (tertiary alicyclic amines) is 1. The summed E-state index contributed by atoms with van der Waals surface area (Å²) in [4.78, 5) is 33.1. The summed E-state index contributed by atoms with van der Waals surface area (Å²) in [5.41, 5.74) is 1.91. The van der Waals surface area contributed by atoms with Crippen LogP contribution in [-0.4, -0.2) is 51.4 Å². The van der Waals surface area contributed by atoms with Gasteiger partial charge in [-0.2, -0.15) is 0 Å². The zero-order valence-corrected chi connectivity index (χ0v) is 16.8. The molecule has 28 heavy (non-hydrogen) atoms. The standard InChI is InChI=1S/C22H27N3O3/c1-15-8-5-6-10-17(15)19-18(12-22(2,21(27)28)25(19)4)20(26)24(3)14-16-9-7-11-23-13-16/h5-11,13,18-19H,12,14H2,1-4H3,(H,27,28)/t18-,19-,22-/m1/s1. The molecule has 6 heteroatoms. The topological polar surface area (TPSA) is 73.7 Å². The van der Waals surface area contributed by atoms with Gasteiger partial charge >= 0.3 is 5.97 Å². The molecule has 1 aromatic heterocycles. The first kappa shape index (κ1) is 20.0. The Bertz CT molecular complexity index is 870. The van der Waals surface area contributed by atoms with E-state index in [4.69, 9.17) is 0 Å². The minimum Gasteiger partial charge on any atom is -0.480 e. The highest BCUT2D eigenvalue weighted by Gasteiger charge is 2.55. The molecule has 1 aliphatic heterocycles. The van der Waals surface area contributed by atoms with Crippen molar-refractivity contribution in [2.24, 2.45) is 5.92 Å². The first-order valence-corrected chi connectivity index (χ1v) is 9.41. The van der Waals surface area contributed by atoms with Crippen molar-refractivity contribution in [3.05, 3.63) is 65.5 Å². The number of benzene rings is 1. The molecule has 0 aliphatic carbocycles. The molecule has 6 nitrogen and oxygen atoms in total. The van der Waals surface area contributed by atoms with E-state index in [0.717, 1.165) is 16.7 Å². The van der Waals surface area contributed by atoms with Gasteiger partial charge in [-0.3, -0.25) is 19.5 Å². The molecule has 1 aliphatic rings. The Morgan fingerprint density at radius 2 is 2.00 bits per heavy atom. The number of nitrogens with zero attached hydrogens (tertiary/aromatic N) is 3. The molecule has 1 N–H and O–H groups in total. The Balaban J connectivity index is 1.95. The maximum atomic E-state index is 13.4. The SMILES string of the molecule is Cc1ccccc1[C@@H]1[C@H](C(=O)N(C)Cc2cccnc2)C[C@](C)(C(=O)O)N1C. The van der Waals surface area contributed by atoms with Crippen molar-refractivity contribution in [2.75, 3.05) is 14.1 Å². The smallest absolute Gasteiger partial charge is 0.323 e. The lowest BCUT2D eigenvalue weighted by Crippen LogP contribution is -2.46. The first-order chi connectivity index (χ1) is 13.3. The monoisotopic (exact) mass is 381 g/mol.